The fraction of sp³-hybridized carbons (Fsp3) is 0.278. The van der Waals surface area contributed by atoms with Crippen molar-refractivity contribution in [1.29, 1.82) is 0 Å². The maximum absolute atomic E-state index is 13.5. The summed E-state index contributed by atoms with van der Waals surface area (Å²) >= 11 is 3.37. The van der Waals surface area contributed by atoms with Crippen molar-refractivity contribution in [3.63, 3.8) is 0 Å². The van der Waals surface area contributed by atoms with Gasteiger partial charge in [-0.1, -0.05) is 28.1 Å². The first-order valence-corrected chi connectivity index (χ1v) is 10.2. The second kappa shape index (κ2) is 8.81. The van der Waals surface area contributed by atoms with E-state index in [2.05, 4.69) is 21.2 Å². The van der Waals surface area contributed by atoms with E-state index in [0.717, 1.165) is 26.5 Å². The van der Waals surface area contributed by atoms with Crippen molar-refractivity contribution in [1.82, 2.24) is 9.62 Å². The first-order chi connectivity index (χ1) is 12.6. The van der Waals surface area contributed by atoms with Gasteiger partial charge in [0.15, 0.2) is 0 Å². The summed E-state index contributed by atoms with van der Waals surface area (Å²) in [7, 11) is -1.56. The quantitative estimate of drug-likeness (QED) is 0.691. The molecule has 1 N–H and O–H groups in total. The van der Waals surface area contributed by atoms with Crippen LogP contribution in [-0.4, -0.2) is 39.3 Å². The largest absolute Gasteiger partial charge is 0.495 e. The van der Waals surface area contributed by atoms with Gasteiger partial charge in [-0.25, -0.2) is 12.8 Å². The number of amides is 1. The third-order valence-corrected chi connectivity index (χ3v) is 6.22. The van der Waals surface area contributed by atoms with Gasteiger partial charge >= 0.3 is 0 Å². The molecule has 2 aromatic rings. The molecule has 2 rings (SSSR count). The van der Waals surface area contributed by atoms with Crippen LogP contribution in [0.3, 0.4) is 0 Å². The highest BCUT2D eigenvalue weighted by Crippen LogP contribution is 2.27. The Morgan fingerprint density at radius 1 is 1.30 bits per heavy atom. The number of methoxy groups -OCH3 is 1. The van der Waals surface area contributed by atoms with Crippen molar-refractivity contribution >= 4 is 31.9 Å². The van der Waals surface area contributed by atoms with E-state index in [9.17, 15) is 17.6 Å². The lowest BCUT2D eigenvalue weighted by molar-refractivity contribution is -0.121. The summed E-state index contributed by atoms with van der Waals surface area (Å²) in [4.78, 5) is 12.0. The Kier molecular flexibility index (Phi) is 6.96. The summed E-state index contributed by atoms with van der Waals surface area (Å²) in [5.41, 5.74) is 0.870. The van der Waals surface area contributed by atoms with Crippen molar-refractivity contribution in [2.45, 2.75) is 17.9 Å². The van der Waals surface area contributed by atoms with Gasteiger partial charge in [0.05, 0.1) is 19.7 Å². The molecule has 0 saturated heterocycles. The minimum atomic E-state index is -4.11. The van der Waals surface area contributed by atoms with Gasteiger partial charge in [-0.2, -0.15) is 4.31 Å². The molecule has 2 aromatic carbocycles. The number of hydrogen-bond acceptors (Lipinski definition) is 4. The average molecular weight is 459 g/mol. The average Bonchev–Trinajstić information content (AvgIpc) is 2.61. The molecule has 0 aliphatic heterocycles. The molecule has 6 nitrogen and oxygen atoms in total. The number of ether oxygens (including phenoxy) is 1. The summed E-state index contributed by atoms with van der Waals surface area (Å²) in [6.45, 7) is 1.38. The summed E-state index contributed by atoms with van der Waals surface area (Å²) < 4.78 is 45.6. The first kappa shape index (κ1) is 21.3. The molecule has 9 heteroatoms. The Bertz CT molecular complexity index is 937. The molecule has 0 radical (unpaired) electrons. The minimum absolute atomic E-state index is 0.00571. The third-order valence-electron chi connectivity index (χ3n) is 3.91. The SMILES string of the molecule is COc1ccc(F)cc1S(=O)(=O)N(C)CC(=O)NC(C)c1cccc(Br)c1. The number of halogens is 2. The van der Waals surface area contributed by atoms with Gasteiger partial charge in [0.25, 0.3) is 0 Å². The number of nitrogens with one attached hydrogen (secondary N) is 1. The first-order valence-electron chi connectivity index (χ1n) is 8.00. The summed E-state index contributed by atoms with van der Waals surface area (Å²) in [5.74, 6) is -1.19. The van der Waals surface area contributed by atoms with Crippen LogP contribution in [0.2, 0.25) is 0 Å². The number of likely N-dealkylation sites (N-methyl/N-ethyl adjacent to an activating group) is 1. The highest BCUT2D eigenvalue weighted by atomic mass is 79.9. The number of carbonyl (C=O) groups is 1. The Balaban J connectivity index is 2.12. The summed E-state index contributed by atoms with van der Waals surface area (Å²) in [6.07, 6.45) is 0. The van der Waals surface area contributed by atoms with Crippen molar-refractivity contribution in [3.8, 4) is 5.75 Å². The van der Waals surface area contributed by atoms with Crippen molar-refractivity contribution in [3.05, 3.63) is 58.3 Å². The zero-order valence-corrected chi connectivity index (χ0v) is 17.5. The molecule has 146 valence electrons. The zero-order chi connectivity index (χ0) is 20.2. The maximum atomic E-state index is 13.5. The lowest BCUT2D eigenvalue weighted by Gasteiger charge is -2.20. The number of sulfonamides is 1. The summed E-state index contributed by atoms with van der Waals surface area (Å²) in [5, 5.41) is 2.75. The second-order valence-corrected chi connectivity index (χ2v) is 8.83. The van der Waals surface area contributed by atoms with Crippen LogP contribution in [0.25, 0.3) is 0 Å². The monoisotopic (exact) mass is 458 g/mol. The Morgan fingerprint density at radius 2 is 2.00 bits per heavy atom. The van der Waals surface area contributed by atoms with Crippen LogP contribution < -0.4 is 10.1 Å². The highest BCUT2D eigenvalue weighted by Gasteiger charge is 2.27. The fourth-order valence-electron chi connectivity index (χ4n) is 2.45. The maximum Gasteiger partial charge on any atom is 0.247 e. The van der Waals surface area contributed by atoms with Crippen molar-refractivity contribution in [2.24, 2.45) is 0 Å². The van der Waals surface area contributed by atoms with E-state index < -0.39 is 28.3 Å². The van der Waals surface area contributed by atoms with Crippen LogP contribution in [0.1, 0.15) is 18.5 Å². The van der Waals surface area contributed by atoms with E-state index >= 15 is 0 Å². The van der Waals surface area contributed by atoms with Gasteiger partial charge in [-0.15, -0.1) is 0 Å². The minimum Gasteiger partial charge on any atom is -0.495 e. The molecule has 1 atom stereocenters. The highest BCUT2D eigenvalue weighted by molar-refractivity contribution is 9.10. The molecule has 0 aliphatic rings. The standard InChI is InChI=1S/C18H20BrFN2O4S/c1-12(13-5-4-6-14(19)9-13)21-18(23)11-22(2)27(24,25)17-10-15(20)7-8-16(17)26-3/h4-10,12H,11H2,1-3H3,(H,21,23). The molecule has 1 amide bonds. The smallest absolute Gasteiger partial charge is 0.247 e. The number of carbonyl (C=O) groups excluding carboxylic acids is 1. The number of nitrogens with zero attached hydrogens (tertiary/aromatic N) is 1. The third kappa shape index (κ3) is 5.27. The van der Waals surface area contributed by atoms with Gasteiger partial charge < -0.3 is 10.1 Å². The Morgan fingerprint density at radius 3 is 2.63 bits per heavy atom. The molecule has 0 aliphatic carbocycles. The van der Waals surface area contributed by atoms with E-state index in [-0.39, 0.29) is 16.7 Å². The van der Waals surface area contributed by atoms with Gasteiger partial charge in [-0.3, -0.25) is 4.79 Å². The predicted octanol–water partition coefficient (Wildman–Crippen LogP) is 3.09. The van der Waals surface area contributed by atoms with Gasteiger partial charge in [-0.05, 0) is 42.8 Å². The molecule has 0 heterocycles. The number of hydrogen-bond donors (Lipinski definition) is 1. The van der Waals surface area contributed by atoms with E-state index in [0.29, 0.717) is 0 Å². The van der Waals surface area contributed by atoms with Gasteiger partial charge in [0, 0.05) is 11.5 Å². The predicted molar refractivity (Wildman–Crippen MR) is 103 cm³/mol. The molecular formula is C18H20BrFN2O4S. The van der Waals surface area contributed by atoms with E-state index in [1.165, 1.54) is 20.2 Å². The summed E-state index contributed by atoms with van der Waals surface area (Å²) in [6, 6.07) is 10.3. The van der Waals surface area contributed by atoms with E-state index in [4.69, 9.17) is 4.74 Å². The van der Waals surface area contributed by atoms with Crippen LogP contribution >= 0.6 is 15.9 Å². The Hall–Kier alpha value is -1.97. The number of rotatable bonds is 7. The molecule has 0 spiro atoms. The van der Waals surface area contributed by atoms with Crippen LogP contribution in [0.5, 0.6) is 5.75 Å². The molecule has 27 heavy (non-hydrogen) atoms. The van der Waals surface area contributed by atoms with Crippen molar-refractivity contribution < 1.29 is 22.3 Å². The molecule has 0 bridgehead atoms. The molecular weight excluding hydrogens is 439 g/mol. The van der Waals surface area contributed by atoms with Crippen LogP contribution in [0.15, 0.2) is 51.8 Å². The molecule has 0 fully saturated rings. The van der Waals surface area contributed by atoms with E-state index in [1.807, 2.05) is 24.3 Å². The fourth-order valence-corrected chi connectivity index (χ4v) is 4.16. The van der Waals surface area contributed by atoms with Gasteiger partial charge in [0.2, 0.25) is 15.9 Å². The van der Waals surface area contributed by atoms with Crippen molar-refractivity contribution in [2.75, 3.05) is 20.7 Å². The lowest BCUT2D eigenvalue weighted by Crippen LogP contribution is -2.39. The molecule has 1 unspecified atom stereocenters. The Labute approximate surface area is 166 Å². The molecule has 0 aromatic heterocycles. The van der Waals surface area contributed by atoms with Crippen LogP contribution in [0.4, 0.5) is 4.39 Å². The van der Waals surface area contributed by atoms with Gasteiger partial charge in [0.1, 0.15) is 16.5 Å². The zero-order valence-electron chi connectivity index (χ0n) is 15.1. The van der Waals surface area contributed by atoms with Crippen LogP contribution in [0, 0.1) is 5.82 Å². The topological polar surface area (TPSA) is 75.7 Å². The second-order valence-electron chi connectivity index (χ2n) is 5.90. The van der Waals surface area contributed by atoms with E-state index in [1.54, 1.807) is 6.92 Å². The lowest BCUT2D eigenvalue weighted by atomic mass is 10.1. The van der Waals surface area contributed by atoms with Crippen LogP contribution in [-0.2, 0) is 14.8 Å². The normalized spacial score (nSPS) is 12.7. The molecule has 0 saturated carbocycles. The number of benzene rings is 2.